The molecule has 3 heterocycles. The van der Waals surface area contributed by atoms with Crippen LogP contribution >= 0.6 is 23.2 Å². The SMILES string of the molecule is CN=C(c1c[nH]c(C(C)(C)C)cc1=O)N(C(=O)N1CCC(CC(=O)N2CCN(C)CC2)CC1)[C@](C)(c1ccc(Cl)cc1)[C@H](C)c1ccc(Cl)cc1. The summed E-state index contributed by atoms with van der Waals surface area (Å²) in [6, 6.07) is 16.5. The smallest absolute Gasteiger partial charge is 0.326 e. The van der Waals surface area contributed by atoms with Crippen LogP contribution in [0, 0.1) is 5.92 Å². The summed E-state index contributed by atoms with van der Waals surface area (Å²) < 4.78 is 0. The number of aromatic nitrogens is 1. The highest BCUT2D eigenvalue weighted by atomic mass is 35.5. The Hall–Kier alpha value is -3.66. The summed E-state index contributed by atoms with van der Waals surface area (Å²) in [5.41, 5.74) is 1.32. The molecule has 51 heavy (non-hydrogen) atoms. The van der Waals surface area contributed by atoms with Gasteiger partial charge in [0.15, 0.2) is 5.43 Å². The molecule has 0 bridgehead atoms. The predicted octanol–water partition coefficient (Wildman–Crippen LogP) is 7.37. The second-order valence-electron chi connectivity index (χ2n) is 15.3. The van der Waals surface area contributed by atoms with Gasteiger partial charge in [0.1, 0.15) is 5.84 Å². The Bertz CT molecular complexity index is 1770. The van der Waals surface area contributed by atoms with Crippen LogP contribution in [0.3, 0.4) is 0 Å². The van der Waals surface area contributed by atoms with Crippen molar-refractivity contribution in [2.45, 2.75) is 70.8 Å². The first-order valence-electron chi connectivity index (χ1n) is 17.9. The number of aromatic amines is 1. The van der Waals surface area contributed by atoms with E-state index in [1.54, 1.807) is 24.2 Å². The average molecular weight is 736 g/mol. The zero-order valence-electron chi connectivity index (χ0n) is 31.0. The fraction of sp³-hybridized carbons (Fsp3) is 0.500. The standard InChI is InChI=1S/C40H52Cl2N6O3/c1-27(29-8-12-31(41)13-9-29)40(5,30-10-14-32(42)15-11-30)48(37(43-6)33-26-44-35(25-34(33)49)39(2,3)4)38(51)47-18-16-28(17-19-47)24-36(50)46-22-20-45(7)21-23-46/h8-15,25-28H,16-24H2,1-7H3,(H,44,49)/t27-,40+/m1/s1. The Morgan fingerprint density at radius 3 is 2.00 bits per heavy atom. The lowest BCUT2D eigenvalue weighted by molar-refractivity contribution is -0.134. The third kappa shape index (κ3) is 8.53. The fourth-order valence-electron chi connectivity index (χ4n) is 7.27. The van der Waals surface area contributed by atoms with Crippen molar-refractivity contribution in [1.82, 2.24) is 24.6 Å². The van der Waals surface area contributed by atoms with Crippen molar-refractivity contribution < 1.29 is 9.59 Å². The second-order valence-corrected chi connectivity index (χ2v) is 16.2. The number of urea groups is 1. The Morgan fingerprint density at radius 2 is 1.47 bits per heavy atom. The highest BCUT2D eigenvalue weighted by molar-refractivity contribution is 6.30. The molecule has 0 radical (unpaired) electrons. The lowest BCUT2D eigenvalue weighted by Crippen LogP contribution is -2.59. The van der Waals surface area contributed by atoms with Crippen LogP contribution in [-0.2, 0) is 15.7 Å². The molecule has 274 valence electrons. The van der Waals surface area contributed by atoms with Crippen LogP contribution in [0.2, 0.25) is 10.0 Å². The number of halogens is 2. The minimum atomic E-state index is -1.05. The van der Waals surface area contributed by atoms with Crippen LogP contribution in [0.4, 0.5) is 4.79 Å². The first-order valence-corrected chi connectivity index (χ1v) is 18.7. The number of nitrogens with zero attached hydrogens (tertiary/aromatic N) is 5. The van der Waals surface area contributed by atoms with E-state index in [2.05, 4.69) is 23.9 Å². The summed E-state index contributed by atoms with van der Waals surface area (Å²) in [5, 5.41) is 1.19. The molecule has 1 N–H and O–H groups in total. The molecule has 2 aromatic carbocycles. The van der Waals surface area contributed by atoms with Crippen molar-refractivity contribution in [3.8, 4) is 0 Å². The summed E-state index contributed by atoms with van der Waals surface area (Å²) in [6.07, 6.45) is 3.59. The van der Waals surface area contributed by atoms with E-state index in [0.29, 0.717) is 48.0 Å². The van der Waals surface area contributed by atoms with Crippen molar-refractivity contribution in [3.05, 3.63) is 103 Å². The van der Waals surface area contributed by atoms with Crippen molar-refractivity contribution in [2.24, 2.45) is 10.9 Å². The molecule has 3 amide bonds. The summed E-state index contributed by atoms with van der Waals surface area (Å²) >= 11 is 12.7. The van der Waals surface area contributed by atoms with Crippen molar-refractivity contribution >= 4 is 41.0 Å². The van der Waals surface area contributed by atoms with Gasteiger partial charge in [-0.15, -0.1) is 0 Å². The van der Waals surface area contributed by atoms with E-state index < -0.39 is 5.54 Å². The number of hydrogen-bond donors (Lipinski definition) is 1. The lowest BCUT2D eigenvalue weighted by Gasteiger charge is -2.48. The molecule has 0 unspecified atom stereocenters. The van der Waals surface area contributed by atoms with Crippen LogP contribution in [-0.4, -0.2) is 95.7 Å². The molecule has 1 aromatic heterocycles. The van der Waals surface area contributed by atoms with Gasteiger partial charge in [0.25, 0.3) is 0 Å². The maximum atomic E-state index is 15.2. The predicted molar refractivity (Wildman–Crippen MR) is 207 cm³/mol. The number of pyridine rings is 1. The van der Waals surface area contributed by atoms with Crippen molar-refractivity contribution in [2.75, 3.05) is 53.4 Å². The fourth-order valence-corrected chi connectivity index (χ4v) is 7.52. The molecule has 0 saturated carbocycles. The Balaban J connectivity index is 1.55. The number of carbonyl (C=O) groups is 2. The number of piperazine rings is 1. The van der Waals surface area contributed by atoms with Crippen molar-refractivity contribution in [1.29, 1.82) is 0 Å². The topological polar surface area (TPSA) is 92.3 Å². The molecule has 3 aromatic rings. The molecule has 0 aliphatic carbocycles. The number of hydrogen-bond acceptors (Lipinski definition) is 5. The van der Waals surface area contributed by atoms with Crippen LogP contribution in [0.15, 0.2) is 70.6 Å². The summed E-state index contributed by atoms with van der Waals surface area (Å²) in [5.74, 6) is 0.369. The largest absolute Gasteiger partial charge is 0.364 e. The minimum Gasteiger partial charge on any atom is -0.364 e. The van der Waals surface area contributed by atoms with Gasteiger partial charge in [-0.2, -0.15) is 0 Å². The number of H-pyrrole nitrogens is 1. The maximum absolute atomic E-state index is 15.2. The zero-order chi connectivity index (χ0) is 37.1. The van der Waals surface area contributed by atoms with Crippen LogP contribution in [0.1, 0.15) is 82.2 Å². The van der Waals surface area contributed by atoms with Gasteiger partial charge in [0.2, 0.25) is 5.91 Å². The van der Waals surface area contributed by atoms with Crippen molar-refractivity contribution in [3.63, 3.8) is 0 Å². The highest BCUT2D eigenvalue weighted by Crippen LogP contribution is 2.44. The molecule has 0 spiro atoms. The highest BCUT2D eigenvalue weighted by Gasteiger charge is 2.47. The van der Waals surface area contributed by atoms with Crippen LogP contribution in [0.5, 0.6) is 0 Å². The number of nitrogens with one attached hydrogen (secondary N) is 1. The van der Waals surface area contributed by atoms with E-state index in [9.17, 15) is 9.59 Å². The quantitative estimate of drug-likeness (QED) is 0.203. The first kappa shape index (κ1) is 38.6. The molecule has 2 atom stereocenters. The van der Waals surface area contributed by atoms with Gasteiger partial charge in [-0.1, -0.05) is 75.2 Å². The molecule has 9 nitrogen and oxygen atoms in total. The van der Waals surface area contributed by atoms with Gasteiger partial charge in [-0.05, 0) is 68.1 Å². The van der Waals surface area contributed by atoms with Crippen LogP contribution in [0.25, 0.3) is 0 Å². The zero-order valence-corrected chi connectivity index (χ0v) is 32.5. The number of piperidine rings is 1. The molecular weight excluding hydrogens is 683 g/mol. The first-order chi connectivity index (χ1) is 24.1. The molecule has 2 saturated heterocycles. The van der Waals surface area contributed by atoms with E-state index >= 15 is 4.79 Å². The average Bonchev–Trinajstić information content (AvgIpc) is 3.10. The Morgan fingerprint density at radius 1 is 0.902 bits per heavy atom. The van der Waals surface area contributed by atoms with Gasteiger partial charge < -0.3 is 19.7 Å². The number of amidine groups is 1. The van der Waals surface area contributed by atoms with Crippen LogP contribution < -0.4 is 5.43 Å². The van der Waals surface area contributed by atoms with Gasteiger partial charge in [0.05, 0.1) is 11.1 Å². The van der Waals surface area contributed by atoms with Gasteiger partial charge in [-0.25, -0.2) is 4.79 Å². The molecule has 11 heteroatoms. The summed E-state index contributed by atoms with van der Waals surface area (Å²) in [4.78, 5) is 58.2. The Labute approximate surface area is 312 Å². The monoisotopic (exact) mass is 734 g/mol. The van der Waals surface area contributed by atoms with Gasteiger partial charge in [0, 0.05) is 92.1 Å². The summed E-state index contributed by atoms with van der Waals surface area (Å²) in [6.45, 7) is 14.5. The molecular formula is C40H52Cl2N6O3. The van der Waals surface area contributed by atoms with Gasteiger partial charge >= 0.3 is 6.03 Å². The van der Waals surface area contributed by atoms with E-state index in [-0.39, 0.29) is 40.5 Å². The number of amides is 3. The normalized spacial score (nSPS) is 18.3. The van der Waals surface area contributed by atoms with E-state index in [1.807, 2.05) is 86.0 Å². The number of rotatable bonds is 7. The second kappa shape index (κ2) is 15.9. The number of aliphatic imine (C=N–C) groups is 1. The van der Waals surface area contributed by atoms with E-state index in [1.165, 1.54) is 0 Å². The molecule has 5 rings (SSSR count). The lowest BCUT2D eigenvalue weighted by atomic mass is 9.75. The maximum Gasteiger partial charge on any atom is 0.326 e. The minimum absolute atomic E-state index is 0.192. The summed E-state index contributed by atoms with van der Waals surface area (Å²) in [7, 11) is 3.70. The third-order valence-electron chi connectivity index (χ3n) is 10.9. The molecule has 2 aliphatic rings. The molecule has 2 fully saturated rings. The Kier molecular flexibility index (Phi) is 12.0. The third-order valence-corrected chi connectivity index (χ3v) is 11.4. The van der Waals surface area contributed by atoms with E-state index in [0.717, 1.165) is 43.0 Å². The number of carbonyl (C=O) groups excluding carboxylic acids is 2. The molecule has 2 aliphatic heterocycles. The number of likely N-dealkylation sites (tertiary alicyclic amines) is 1. The van der Waals surface area contributed by atoms with E-state index in [4.69, 9.17) is 28.2 Å². The number of likely N-dealkylation sites (N-methyl/N-ethyl adjacent to an activating group) is 1. The van der Waals surface area contributed by atoms with Gasteiger partial charge in [-0.3, -0.25) is 19.5 Å². The number of benzene rings is 2.